The average Bonchev–Trinajstić information content (AvgIpc) is 2.41. The Morgan fingerprint density at radius 3 is 2.94 bits per heavy atom. The predicted molar refractivity (Wildman–Crippen MR) is 68.1 cm³/mol. The molecule has 0 bridgehead atoms. The number of nitrogens with one attached hydrogen (secondary N) is 1. The molecule has 1 heterocycles. The van der Waals surface area contributed by atoms with Crippen LogP contribution < -0.4 is 10.1 Å². The van der Waals surface area contributed by atoms with E-state index in [0.717, 1.165) is 31.0 Å². The molecule has 2 rings (SSSR count). The molecule has 1 aliphatic heterocycles. The molecule has 0 amide bonds. The standard InChI is InChI=1S/C14H19NO2/c1-15-14(13-8-3-4-9-17-13)11-6-5-7-12(10-11)16-2/h5-8,10,14-15H,3-4,9H2,1-2H3. The third kappa shape index (κ3) is 2.80. The zero-order valence-corrected chi connectivity index (χ0v) is 10.4. The number of allylic oxidation sites excluding steroid dienone is 1. The van der Waals surface area contributed by atoms with Crippen molar-refractivity contribution in [3.8, 4) is 5.75 Å². The second-order valence-electron chi connectivity index (χ2n) is 4.10. The fraction of sp³-hybridized carbons (Fsp3) is 0.429. The van der Waals surface area contributed by atoms with Crippen molar-refractivity contribution >= 4 is 0 Å². The molecule has 1 aromatic carbocycles. The Labute approximate surface area is 102 Å². The molecule has 0 fully saturated rings. The number of benzene rings is 1. The van der Waals surface area contributed by atoms with Crippen molar-refractivity contribution in [3.63, 3.8) is 0 Å². The minimum atomic E-state index is 0.116. The monoisotopic (exact) mass is 233 g/mol. The van der Waals surface area contributed by atoms with E-state index in [9.17, 15) is 0 Å². The van der Waals surface area contributed by atoms with Gasteiger partial charge in [-0.25, -0.2) is 0 Å². The van der Waals surface area contributed by atoms with Gasteiger partial charge in [0.1, 0.15) is 11.5 Å². The van der Waals surface area contributed by atoms with Crippen LogP contribution in [-0.4, -0.2) is 20.8 Å². The first kappa shape index (κ1) is 12.0. The van der Waals surface area contributed by atoms with Gasteiger partial charge in [-0.15, -0.1) is 0 Å². The van der Waals surface area contributed by atoms with Crippen LogP contribution in [0.25, 0.3) is 0 Å². The lowest BCUT2D eigenvalue weighted by atomic mass is 10.0. The molecular weight excluding hydrogens is 214 g/mol. The molecule has 0 saturated carbocycles. The second kappa shape index (κ2) is 5.73. The van der Waals surface area contributed by atoms with E-state index in [1.54, 1.807) is 7.11 Å². The highest BCUT2D eigenvalue weighted by molar-refractivity contribution is 5.34. The highest BCUT2D eigenvalue weighted by atomic mass is 16.5. The van der Waals surface area contributed by atoms with Gasteiger partial charge in [0.25, 0.3) is 0 Å². The number of likely N-dealkylation sites (N-methyl/N-ethyl adjacent to an activating group) is 1. The highest BCUT2D eigenvalue weighted by Crippen LogP contribution is 2.27. The van der Waals surface area contributed by atoms with Crippen LogP contribution >= 0.6 is 0 Å². The summed E-state index contributed by atoms with van der Waals surface area (Å²) in [6, 6.07) is 8.20. The van der Waals surface area contributed by atoms with Crippen molar-refractivity contribution in [2.75, 3.05) is 20.8 Å². The molecule has 92 valence electrons. The summed E-state index contributed by atoms with van der Waals surface area (Å²) in [6.07, 6.45) is 4.37. The van der Waals surface area contributed by atoms with Crippen molar-refractivity contribution in [1.82, 2.24) is 5.32 Å². The van der Waals surface area contributed by atoms with Crippen LogP contribution in [0.1, 0.15) is 24.4 Å². The van der Waals surface area contributed by atoms with Crippen molar-refractivity contribution in [3.05, 3.63) is 41.7 Å². The van der Waals surface area contributed by atoms with Gasteiger partial charge in [0.2, 0.25) is 0 Å². The minimum Gasteiger partial charge on any atom is -0.497 e. The third-order valence-electron chi connectivity index (χ3n) is 2.96. The summed E-state index contributed by atoms with van der Waals surface area (Å²) in [5, 5.41) is 3.29. The van der Waals surface area contributed by atoms with Crippen LogP contribution in [0.3, 0.4) is 0 Å². The molecule has 3 nitrogen and oxygen atoms in total. The largest absolute Gasteiger partial charge is 0.497 e. The summed E-state index contributed by atoms with van der Waals surface area (Å²) >= 11 is 0. The van der Waals surface area contributed by atoms with E-state index in [1.165, 1.54) is 5.56 Å². The van der Waals surface area contributed by atoms with Gasteiger partial charge >= 0.3 is 0 Å². The molecule has 17 heavy (non-hydrogen) atoms. The summed E-state index contributed by atoms with van der Waals surface area (Å²) in [6.45, 7) is 0.813. The van der Waals surface area contributed by atoms with E-state index in [1.807, 2.05) is 25.2 Å². The van der Waals surface area contributed by atoms with Crippen molar-refractivity contribution < 1.29 is 9.47 Å². The summed E-state index contributed by atoms with van der Waals surface area (Å²) in [5.74, 6) is 1.89. The van der Waals surface area contributed by atoms with Gasteiger partial charge in [0.05, 0.1) is 19.8 Å². The predicted octanol–water partition coefficient (Wildman–Crippen LogP) is 2.65. The average molecular weight is 233 g/mol. The Morgan fingerprint density at radius 2 is 2.29 bits per heavy atom. The van der Waals surface area contributed by atoms with Crippen LogP contribution in [-0.2, 0) is 4.74 Å². The van der Waals surface area contributed by atoms with Gasteiger partial charge in [-0.3, -0.25) is 0 Å². The molecule has 1 unspecified atom stereocenters. The number of ether oxygens (including phenoxy) is 2. The van der Waals surface area contributed by atoms with E-state index < -0.39 is 0 Å². The summed E-state index contributed by atoms with van der Waals surface area (Å²) in [5.41, 5.74) is 1.17. The normalized spacial score (nSPS) is 16.9. The van der Waals surface area contributed by atoms with Gasteiger partial charge in [0.15, 0.2) is 0 Å². The number of hydrogen-bond donors (Lipinski definition) is 1. The van der Waals surface area contributed by atoms with E-state index in [4.69, 9.17) is 9.47 Å². The van der Waals surface area contributed by atoms with Crippen LogP contribution in [0.5, 0.6) is 5.75 Å². The van der Waals surface area contributed by atoms with Gasteiger partial charge in [-0.05, 0) is 43.7 Å². The van der Waals surface area contributed by atoms with Crippen LogP contribution in [0.2, 0.25) is 0 Å². The Balaban J connectivity index is 2.24. The zero-order valence-electron chi connectivity index (χ0n) is 10.4. The maximum atomic E-state index is 5.72. The third-order valence-corrected chi connectivity index (χ3v) is 2.96. The lowest BCUT2D eigenvalue weighted by molar-refractivity contribution is 0.169. The minimum absolute atomic E-state index is 0.116. The molecular formula is C14H19NO2. The number of hydrogen-bond acceptors (Lipinski definition) is 3. The van der Waals surface area contributed by atoms with Crippen molar-refractivity contribution in [2.24, 2.45) is 0 Å². The first-order valence-electron chi connectivity index (χ1n) is 5.99. The van der Waals surface area contributed by atoms with Crippen molar-refractivity contribution in [1.29, 1.82) is 0 Å². The fourth-order valence-electron chi connectivity index (χ4n) is 2.07. The van der Waals surface area contributed by atoms with Crippen molar-refractivity contribution in [2.45, 2.75) is 18.9 Å². The number of rotatable bonds is 4. The lowest BCUT2D eigenvalue weighted by Gasteiger charge is -2.24. The molecule has 0 saturated heterocycles. The summed E-state index contributed by atoms with van der Waals surface area (Å²) in [4.78, 5) is 0. The van der Waals surface area contributed by atoms with Crippen LogP contribution in [0, 0.1) is 0 Å². The Morgan fingerprint density at radius 1 is 1.41 bits per heavy atom. The molecule has 3 heteroatoms. The number of methoxy groups -OCH3 is 1. The molecule has 0 radical (unpaired) electrons. The smallest absolute Gasteiger partial charge is 0.119 e. The molecule has 0 spiro atoms. The van der Waals surface area contributed by atoms with E-state index >= 15 is 0 Å². The molecule has 1 aliphatic rings. The van der Waals surface area contributed by atoms with Gasteiger partial charge in [-0.1, -0.05) is 12.1 Å². The van der Waals surface area contributed by atoms with Crippen LogP contribution in [0.4, 0.5) is 0 Å². The fourth-order valence-corrected chi connectivity index (χ4v) is 2.07. The quantitative estimate of drug-likeness (QED) is 0.867. The summed E-state index contributed by atoms with van der Waals surface area (Å²) in [7, 11) is 3.63. The summed E-state index contributed by atoms with van der Waals surface area (Å²) < 4.78 is 11.0. The highest BCUT2D eigenvalue weighted by Gasteiger charge is 2.18. The van der Waals surface area contributed by atoms with Crippen LogP contribution in [0.15, 0.2) is 36.1 Å². The first-order valence-corrected chi connectivity index (χ1v) is 5.99. The van der Waals surface area contributed by atoms with E-state index in [0.29, 0.717) is 0 Å². The van der Waals surface area contributed by atoms with Gasteiger partial charge in [-0.2, -0.15) is 0 Å². The molecule has 1 N–H and O–H groups in total. The first-order chi connectivity index (χ1) is 8.35. The SMILES string of the molecule is CNC(C1=CCCCO1)c1cccc(OC)c1. The molecule has 1 aromatic rings. The molecule has 0 aromatic heterocycles. The topological polar surface area (TPSA) is 30.5 Å². The Bertz CT molecular complexity index is 401. The van der Waals surface area contributed by atoms with Gasteiger partial charge in [0, 0.05) is 0 Å². The molecule has 1 atom stereocenters. The maximum absolute atomic E-state index is 5.72. The lowest BCUT2D eigenvalue weighted by Crippen LogP contribution is -2.22. The Hall–Kier alpha value is -1.48. The zero-order chi connectivity index (χ0) is 12.1. The van der Waals surface area contributed by atoms with E-state index in [2.05, 4.69) is 17.5 Å². The van der Waals surface area contributed by atoms with E-state index in [-0.39, 0.29) is 6.04 Å². The Kier molecular flexibility index (Phi) is 4.04. The maximum Gasteiger partial charge on any atom is 0.119 e. The second-order valence-corrected chi connectivity index (χ2v) is 4.10. The molecule has 0 aliphatic carbocycles. The van der Waals surface area contributed by atoms with Gasteiger partial charge < -0.3 is 14.8 Å².